The summed E-state index contributed by atoms with van der Waals surface area (Å²) >= 11 is 6.94. The number of carbonyl (C=O) groups is 3. The van der Waals surface area contributed by atoms with Crippen LogP contribution in [0.1, 0.15) is 34.8 Å². The quantitative estimate of drug-likeness (QED) is 0.391. The molecule has 3 rings (SSSR count). The highest BCUT2D eigenvalue weighted by atomic mass is 79.9. The SMILES string of the molecule is CCCN1C(=O)N/C(=C/c2cc(Br)c(OCc3ccc(C(=O)O)cc3)c(Br)c2)C1=O. The van der Waals surface area contributed by atoms with E-state index in [-0.39, 0.29) is 23.8 Å². The Morgan fingerprint density at radius 1 is 1.17 bits per heavy atom. The van der Waals surface area contributed by atoms with Crippen molar-refractivity contribution < 1.29 is 24.2 Å². The fourth-order valence-electron chi connectivity index (χ4n) is 2.86. The molecule has 7 nitrogen and oxygen atoms in total. The Bertz CT molecular complexity index is 1010. The van der Waals surface area contributed by atoms with Gasteiger partial charge < -0.3 is 15.2 Å². The smallest absolute Gasteiger partial charge is 0.335 e. The molecule has 1 fully saturated rings. The molecule has 1 heterocycles. The minimum Gasteiger partial charge on any atom is -0.487 e. The second-order valence-electron chi connectivity index (χ2n) is 6.55. The van der Waals surface area contributed by atoms with E-state index >= 15 is 0 Å². The van der Waals surface area contributed by atoms with Crippen molar-refractivity contribution in [3.8, 4) is 5.75 Å². The van der Waals surface area contributed by atoms with E-state index in [1.807, 2.05) is 6.92 Å². The predicted octanol–water partition coefficient (Wildman–Crippen LogP) is 4.79. The summed E-state index contributed by atoms with van der Waals surface area (Å²) in [5.74, 6) is -0.763. The largest absolute Gasteiger partial charge is 0.487 e. The number of carboxylic acid groups (broad SMARTS) is 1. The van der Waals surface area contributed by atoms with E-state index in [9.17, 15) is 14.4 Å². The van der Waals surface area contributed by atoms with Crippen LogP contribution < -0.4 is 10.1 Å². The van der Waals surface area contributed by atoms with Crippen molar-refractivity contribution in [3.63, 3.8) is 0 Å². The number of benzene rings is 2. The lowest BCUT2D eigenvalue weighted by atomic mass is 10.1. The molecule has 0 aromatic heterocycles. The molecule has 1 aliphatic heterocycles. The molecule has 0 bridgehead atoms. The molecule has 3 amide bonds. The molecule has 1 saturated heterocycles. The van der Waals surface area contributed by atoms with E-state index in [0.29, 0.717) is 33.2 Å². The van der Waals surface area contributed by atoms with Crippen molar-refractivity contribution in [3.05, 3.63) is 67.7 Å². The van der Waals surface area contributed by atoms with Gasteiger partial charge in [0, 0.05) is 6.54 Å². The molecule has 1 aliphatic rings. The highest BCUT2D eigenvalue weighted by molar-refractivity contribution is 9.11. The van der Waals surface area contributed by atoms with Crippen LogP contribution in [-0.2, 0) is 11.4 Å². The average molecular weight is 538 g/mol. The molecule has 0 saturated carbocycles. The second kappa shape index (κ2) is 9.44. The maximum Gasteiger partial charge on any atom is 0.335 e. The zero-order valence-corrected chi connectivity index (χ0v) is 19.1. The van der Waals surface area contributed by atoms with Gasteiger partial charge in [-0.25, -0.2) is 9.59 Å². The number of amides is 3. The first kappa shape index (κ1) is 22.0. The maximum absolute atomic E-state index is 12.4. The number of hydrogen-bond acceptors (Lipinski definition) is 4. The van der Waals surface area contributed by atoms with E-state index in [4.69, 9.17) is 9.84 Å². The lowest BCUT2D eigenvalue weighted by Gasteiger charge is -2.12. The highest BCUT2D eigenvalue weighted by Gasteiger charge is 2.32. The number of rotatable bonds is 7. The third-order valence-corrected chi connectivity index (χ3v) is 5.50. The minimum absolute atomic E-state index is 0.213. The van der Waals surface area contributed by atoms with Crippen LogP contribution in [0.15, 0.2) is 51.0 Å². The van der Waals surface area contributed by atoms with Crippen molar-refractivity contribution >= 4 is 55.8 Å². The zero-order valence-electron chi connectivity index (χ0n) is 15.9. The number of nitrogens with one attached hydrogen (secondary N) is 1. The lowest BCUT2D eigenvalue weighted by molar-refractivity contribution is -0.122. The number of nitrogens with zero attached hydrogens (tertiary/aromatic N) is 1. The first-order chi connectivity index (χ1) is 14.3. The average Bonchev–Trinajstić information content (AvgIpc) is 2.95. The summed E-state index contributed by atoms with van der Waals surface area (Å²) in [5, 5.41) is 11.6. The second-order valence-corrected chi connectivity index (χ2v) is 8.26. The van der Waals surface area contributed by atoms with Crippen LogP contribution in [-0.4, -0.2) is 34.5 Å². The van der Waals surface area contributed by atoms with Crippen LogP contribution in [0.3, 0.4) is 0 Å². The molecule has 9 heteroatoms. The third kappa shape index (κ3) is 4.91. The molecule has 2 aromatic rings. The Morgan fingerprint density at radius 2 is 1.80 bits per heavy atom. The summed E-state index contributed by atoms with van der Waals surface area (Å²) in [6.07, 6.45) is 2.30. The van der Waals surface area contributed by atoms with Crippen LogP contribution in [0.2, 0.25) is 0 Å². The lowest BCUT2D eigenvalue weighted by Crippen LogP contribution is -2.31. The van der Waals surface area contributed by atoms with Crippen LogP contribution >= 0.6 is 31.9 Å². The van der Waals surface area contributed by atoms with Gasteiger partial charge in [-0.05, 0) is 79.7 Å². The Labute approximate surface area is 190 Å². The number of carboxylic acids is 1. The Kier molecular flexibility index (Phi) is 6.94. The van der Waals surface area contributed by atoms with Crippen LogP contribution in [0.25, 0.3) is 6.08 Å². The summed E-state index contributed by atoms with van der Waals surface area (Å²) in [6, 6.07) is 9.58. The summed E-state index contributed by atoms with van der Waals surface area (Å²) in [7, 11) is 0. The van der Waals surface area contributed by atoms with E-state index < -0.39 is 12.0 Å². The number of aromatic carboxylic acids is 1. The van der Waals surface area contributed by atoms with Gasteiger partial charge >= 0.3 is 12.0 Å². The molecular formula is C21H18Br2N2O5. The summed E-state index contributed by atoms with van der Waals surface area (Å²) in [5.41, 5.74) is 1.96. The van der Waals surface area contributed by atoms with Crippen molar-refractivity contribution in [2.75, 3.05) is 6.54 Å². The molecule has 30 heavy (non-hydrogen) atoms. The normalized spacial score (nSPS) is 14.9. The van der Waals surface area contributed by atoms with Gasteiger partial charge in [0.25, 0.3) is 5.91 Å². The number of carbonyl (C=O) groups excluding carboxylic acids is 2. The number of imide groups is 1. The summed E-state index contributed by atoms with van der Waals surface area (Å²) in [4.78, 5) is 36.4. The number of urea groups is 1. The molecule has 0 radical (unpaired) electrons. The van der Waals surface area contributed by atoms with Crippen LogP contribution in [0, 0.1) is 0 Å². The standard InChI is InChI=1S/C21H18Br2N2O5/c1-2-7-25-19(26)17(24-21(25)29)10-13-8-15(22)18(16(23)9-13)30-11-12-3-5-14(6-4-12)20(27)28/h3-6,8-10H,2,7,11H2,1H3,(H,24,29)(H,27,28)/b17-10+. The molecule has 0 unspecified atom stereocenters. The van der Waals surface area contributed by atoms with Gasteiger partial charge in [0.1, 0.15) is 18.1 Å². The third-order valence-electron chi connectivity index (χ3n) is 4.33. The Balaban J connectivity index is 1.75. The topological polar surface area (TPSA) is 95.9 Å². The van der Waals surface area contributed by atoms with Crippen molar-refractivity contribution in [2.24, 2.45) is 0 Å². The van der Waals surface area contributed by atoms with Crippen molar-refractivity contribution in [2.45, 2.75) is 20.0 Å². The highest BCUT2D eigenvalue weighted by Crippen LogP contribution is 2.36. The summed E-state index contributed by atoms with van der Waals surface area (Å²) in [6.45, 7) is 2.52. The van der Waals surface area contributed by atoms with Gasteiger partial charge in [-0.2, -0.15) is 0 Å². The van der Waals surface area contributed by atoms with Gasteiger partial charge in [-0.15, -0.1) is 0 Å². The number of ether oxygens (including phenoxy) is 1. The van der Waals surface area contributed by atoms with Crippen molar-refractivity contribution in [1.29, 1.82) is 0 Å². The van der Waals surface area contributed by atoms with E-state index in [1.165, 1.54) is 17.0 Å². The van der Waals surface area contributed by atoms with Gasteiger partial charge in [0.2, 0.25) is 0 Å². The van der Waals surface area contributed by atoms with Crippen LogP contribution in [0.5, 0.6) is 5.75 Å². The maximum atomic E-state index is 12.4. The molecule has 2 aromatic carbocycles. The predicted molar refractivity (Wildman–Crippen MR) is 118 cm³/mol. The number of hydrogen-bond donors (Lipinski definition) is 2. The Hall–Kier alpha value is -2.65. The fraction of sp³-hybridized carbons (Fsp3) is 0.190. The van der Waals surface area contributed by atoms with Gasteiger partial charge in [0.05, 0.1) is 14.5 Å². The first-order valence-electron chi connectivity index (χ1n) is 9.08. The molecule has 0 spiro atoms. The first-order valence-corrected chi connectivity index (χ1v) is 10.7. The molecule has 2 N–H and O–H groups in total. The molecule has 0 aliphatic carbocycles. The minimum atomic E-state index is -0.979. The molecule has 156 valence electrons. The van der Waals surface area contributed by atoms with E-state index in [1.54, 1.807) is 30.3 Å². The van der Waals surface area contributed by atoms with Gasteiger partial charge in [0.15, 0.2) is 0 Å². The van der Waals surface area contributed by atoms with E-state index in [2.05, 4.69) is 37.2 Å². The van der Waals surface area contributed by atoms with Crippen molar-refractivity contribution in [1.82, 2.24) is 10.2 Å². The monoisotopic (exact) mass is 536 g/mol. The van der Waals surface area contributed by atoms with Gasteiger partial charge in [-0.3, -0.25) is 9.69 Å². The summed E-state index contributed by atoms with van der Waals surface area (Å²) < 4.78 is 7.18. The fourth-order valence-corrected chi connectivity index (χ4v) is 4.32. The molecule has 0 atom stereocenters. The number of halogens is 2. The van der Waals surface area contributed by atoms with Gasteiger partial charge in [-0.1, -0.05) is 19.1 Å². The zero-order chi connectivity index (χ0) is 21.8. The van der Waals surface area contributed by atoms with E-state index in [0.717, 1.165) is 5.56 Å². The molecular weight excluding hydrogens is 520 g/mol. The van der Waals surface area contributed by atoms with Crippen LogP contribution in [0.4, 0.5) is 4.79 Å². The Morgan fingerprint density at radius 3 is 2.37 bits per heavy atom.